The van der Waals surface area contributed by atoms with Crippen LogP contribution in [0.4, 0.5) is 5.00 Å². The molecule has 0 aromatic carbocycles. The predicted molar refractivity (Wildman–Crippen MR) is 107 cm³/mol. The molecule has 3 aromatic heterocycles. The van der Waals surface area contributed by atoms with Crippen molar-refractivity contribution in [2.24, 2.45) is 0 Å². The number of methoxy groups -OCH3 is 1. The summed E-state index contributed by atoms with van der Waals surface area (Å²) in [5.41, 5.74) is 2.26. The number of nitrogens with zero attached hydrogens (tertiary/aromatic N) is 3. The molecule has 150 valence electrons. The molecule has 4 rings (SSSR count). The first-order chi connectivity index (χ1) is 14.2. The van der Waals surface area contributed by atoms with Crippen molar-refractivity contribution in [2.45, 2.75) is 38.5 Å². The highest BCUT2D eigenvalue weighted by Crippen LogP contribution is 2.38. The lowest BCUT2D eigenvalue weighted by molar-refractivity contribution is -0.116. The minimum Gasteiger partial charge on any atom is -0.465 e. The molecule has 9 heteroatoms. The number of thiophene rings is 1. The van der Waals surface area contributed by atoms with Gasteiger partial charge in [-0.3, -0.25) is 9.78 Å². The van der Waals surface area contributed by atoms with Crippen LogP contribution in [0.15, 0.2) is 29.0 Å². The quantitative estimate of drug-likeness (QED) is 0.618. The number of hydrogen-bond donors (Lipinski definition) is 1. The number of aromatic nitrogens is 3. The zero-order valence-electron chi connectivity index (χ0n) is 15.9. The Balaban J connectivity index is 1.42. The Morgan fingerprint density at radius 2 is 2.17 bits per heavy atom. The van der Waals surface area contributed by atoms with Gasteiger partial charge in [-0.25, -0.2) is 4.79 Å². The minimum atomic E-state index is -0.405. The van der Waals surface area contributed by atoms with Gasteiger partial charge >= 0.3 is 5.97 Å². The highest BCUT2D eigenvalue weighted by Gasteiger charge is 2.27. The first kappa shape index (κ1) is 19.3. The number of anilines is 1. The van der Waals surface area contributed by atoms with E-state index >= 15 is 0 Å². The predicted octanol–water partition coefficient (Wildman–Crippen LogP) is 3.43. The van der Waals surface area contributed by atoms with Crippen LogP contribution < -0.4 is 5.32 Å². The van der Waals surface area contributed by atoms with Gasteiger partial charge in [0, 0.05) is 35.7 Å². The first-order valence-corrected chi connectivity index (χ1v) is 10.2. The van der Waals surface area contributed by atoms with Crippen LogP contribution in [-0.2, 0) is 28.8 Å². The fourth-order valence-electron chi connectivity index (χ4n) is 3.35. The summed E-state index contributed by atoms with van der Waals surface area (Å²) in [5, 5.41) is 7.36. The number of carbonyl (C=O) groups excluding carboxylic acids is 2. The number of carbonyl (C=O) groups is 2. The molecule has 0 fully saturated rings. The van der Waals surface area contributed by atoms with Gasteiger partial charge in [-0.2, -0.15) is 4.98 Å². The van der Waals surface area contributed by atoms with E-state index in [1.165, 1.54) is 18.4 Å². The van der Waals surface area contributed by atoms with E-state index in [9.17, 15) is 9.59 Å². The summed E-state index contributed by atoms with van der Waals surface area (Å²) in [6.07, 6.45) is 7.68. The van der Waals surface area contributed by atoms with Gasteiger partial charge in [-0.1, -0.05) is 5.16 Å². The van der Waals surface area contributed by atoms with Gasteiger partial charge in [0.25, 0.3) is 0 Å². The summed E-state index contributed by atoms with van der Waals surface area (Å²) in [6, 6.07) is 3.62. The lowest BCUT2D eigenvalue weighted by Crippen LogP contribution is -2.15. The Morgan fingerprint density at radius 1 is 1.31 bits per heavy atom. The molecule has 29 heavy (non-hydrogen) atoms. The maximum atomic E-state index is 12.5. The van der Waals surface area contributed by atoms with Crippen molar-refractivity contribution in [3.63, 3.8) is 0 Å². The van der Waals surface area contributed by atoms with E-state index in [1.807, 2.05) is 6.07 Å². The molecule has 0 bridgehead atoms. The molecule has 1 aliphatic rings. The molecule has 8 nitrogen and oxygen atoms in total. The molecule has 0 atom stereocenters. The van der Waals surface area contributed by atoms with Crippen LogP contribution in [0.2, 0.25) is 0 Å². The molecule has 0 saturated heterocycles. The molecule has 0 aliphatic heterocycles. The second-order valence-electron chi connectivity index (χ2n) is 6.71. The monoisotopic (exact) mass is 412 g/mol. The molecule has 0 spiro atoms. The van der Waals surface area contributed by atoms with Crippen molar-refractivity contribution in [2.75, 3.05) is 12.4 Å². The number of esters is 1. The summed E-state index contributed by atoms with van der Waals surface area (Å²) >= 11 is 1.47. The van der Waals surface area contributed by atoms with E-state index in [2.05, 4.69) is 20.4 Å². The number of pyridine rings is 1. The second-order valence-corrected chi connectivity index (χ2v) is 7.81. The molecule has 3 aromatic rings. The van der Waals surface area contributed by atoms with Crippen LogP contribution >= 0.6 is 11.3 Å². The van der Waals surface area contributed by atoms with Gasteiger partial charge in [-0.05, 0) is 43.4 Å². The maximum absolute atomic E-state index is 12.5. The Kier molecular flexibility index (Phi) is 5.66. The Labute approximate surface area is 171 Å². The van der Waals surface area contributed by atoms with Crippen LogP contribution in [0, 0.1) is 0 Å². The van der Waals surface area contributed by atoms with Gasteiger partial charge < -0.3 is 14.6 Å². The van der Waals surface area contributed by atoms with Crippen molar-refractivity contribution >= 4 is 28.2 Å². The average Bonchev–Trinajstić information content (AvgIpc) is 3.37. The highest BCUT2D eigenvalue weighted by molar-refractivity contribution is 7.17. The van der Waals surface area contributed by atoms with Gasteiger partial charge in [-0.15, -0.1) is 11.3 Å². The molecule has 0 saturated carbocycles. The van der Waals surface area contributed by atoms with Crippen LogP contribution in [-0.4, -0.2) is 34.1 Å². The van der Waals surface area contributed by atoms with Crippen LogP contribution in [0.25, 0.3) is 11.4 Å². The number of amides is 1. The third kappa shape index (κ3) is 4.19. The van der Waals surface area contributed by atoms with Gasteiger partial charge in [0.15, 0.2) is 0 Å². The number of rotatable bonds is 6. The lowest BCUT2D eigenvalue weighted by atomic mass is 9.95. The number of nitrogens with one attached hydrogen (secondary N) is 1. The number of ether oxygens (including phenoxy) is 1. The van der Waals surface area contributed by atoms with Crippen molar-refractivity contribution in [3.8, 4) is 11.4 Å². The largest absolute Gasteiger partial charge is 0.465 e. The van der Waals surface area contributed by atoms with Crippen molar-refractivity contribution in [1.82, 2.24) is 15.1 Å². The zero-order chi connectivity index (χ0) is 20.2. The third-order valence-electron chi connectivity index (χ3n) is 4.77. The Morgan fingerprint density at radius 3 is 2.97 bits per heavy atom. The van der Waals surface area contributed by atoms with Crippen LogP contribution in [0.3, 0.4) is 0 Å². The molecular formula is C20H20N4O4S. The smallest absolute Gasteiger partial charge is 0.341 e. The summed E-state index contributed by atoms with van der Waals surface area (Å²) in [7, 11) is 1.36. The van der Waals surface area contributed by atoms with E-state index in [-0.39, 0.29) is 12.3 Å². The summed E-state index contributed by atoms with van der Waals surface area (Å²) in [6.45, 7) is 0. The fraction of sp³-hybridized carbons (Fsp3) is 0.350. The van der Waals surface area contributed by atoms with E-state index in [1.54, 1.807) is 18.5 Å². The number of hydrogen-bond acceptors (Lipinski definition) is 8. The lowest BCUT2D eigenvalue weighted by Gasteiger charge is -2.11. The molecule has 1 N–H and O–H groups in total. The van der Waals surface area contributed by atoms with E-state index in [0.717, 1.165) is 41.7 Å². The van der Waals surface area contributed by atoms with Gasteiger partial charge in [0.1, 0.15) is 5.00 Å². The maximum Gasteiger partial charge on any atom is 0.341 e. The summed E-state index contributed by atoms with van der Waals surface area (Å²) in [5.74, 6) is 0.192. The fourth-order valence-corrected chi connectivity index (χ4v) is 4.64. The molecule has 3 heterocycles. The standard InChI is InChI=1S/C20H20N4O4S/c1-27-20(26)17-13-6-2-3-7-14(13)29-19(17)22-15(25)8-9-16-23-18(24-28-16)12-5-4-10-21-11-12/h4-5,10-11H,2-3,6-9H2,1H3,(H,22,25). The number of aryl methyl sites for hydroxylation is 2. The Bertz CT molecular complexity index is 1030. The normalized spacial score (nSPS) is 13.0. The van der Waals surface area contributed by atoms with Gasteiger partial charge in [0.2, 0.25) is 17.6 Å². The van der Waals surface area contributed by atoms with Crippen molar-refractivity contribution < 1.29 is 18.8 Å². The molecule has 1 amide bonds. The topological polar surface area (TPSA) is 107 Å². The van der Waals surface area contributed by atoms with Crippen LogP contribution in [0.5, 0.6) is 0 Å². The van der Waals surface area contributed by atoms with Crippen LogP contribution in [0.1, 0.15) is 46.0 Å². The molecule has 0 radical (unpaired) electrons. The van der Waals surface area contributed by atoms with E-state index in [0.29, 0.717) is 28.7 Å². The van der Waals surface area contributed by atoms with Gasteiger partial charge in [0.05, 0.1) is 12.7 Å². The molecular weight excluding hydrogens is 392 g/mol. The third-order valence-corrected chi connectivity index (χ3v) is 5.97. The highest BCUT2D eigenvalue weighted by atomic mass is 32.1. The zero-order valence-corrected chi connectivity index (χ0v) is 16.8. The second kappa shape index (κ2) is 8.52. The molecule has 1 aliphatic carbocycles. The summed E-state index contributed by atoms with van der Waals surface area (Å²) < 4.78 is 10.2. The van der Waals surface area contributed by atoms with Crippen molar-refractivity contribution in [3.05, 3.63) is 46.4 Å². The van der Waals surface area contributed by atoms with Crippen molar-refractivity contribution in [1.29, 1.82) is 0 Å². The Hall–Kier alpha value is -3.07. The first-order valence-electron chi connectivity index (χ1n) is 9.41. The SMILES string of the molecule is COC(=O)c1c(NC(=O)CCc2nc(-c3cccnc3)no2)sc2c1CCCC2. The number of fused-ring (bicyclic) bond motifs is 1. The minimum absolute atomic E-state index is 0.165. The molecule has 0 unspecified atom stereocenters. The average molecular weight is 412 g/mol. The van der Waals surface area contributed by atoms with E-state index < -0.39 is 5.97 Å². The van der Waals surface area contributed by atoms with E-state index in [4.69, 9.17) is 9.26 Å². The summed E-state index contributed by atoms with van der Waals surface area (Å²) in [4.78, 5) is 34.2.